The lowest BCUT2D eigenvalue weighted by molar-refractivity contribution is 0.137. The lowest BCUT2D eigenvalue weighted by Crippen LogP contribution is -2.33. The Bertz CT molecular complexity index is 975. The van der Waals surface area contributed by atoms with E-state index >= 15 is 0 Å². The topological polar surface area (TPSA) is 77.7 Å². The molecule has 1 N–H and O–H groups in total. The lowest BCUT2D eigenvalue weighted by atomic mass is 9.98. The third-order valence-corrected chi connectivity index (χ3v) is 5.89. The molecule has 1 saturated heterocycles. The van der Waals surface area contributed by atoms with E-state index < -0.39 is 0 Å². The first-order valence-corrected chi connectivity index (χ1v) is 10.3. The molecule has 6 nitrogen and oxygen atoms in total. The van der Waals surface area contributed by atoms with Crippen molar-refractivity contribution < 1.29 is 0 Å². The molecule has 1 fully saturated rings. The zero-order chi connectivity index (χ0) is 19.3. The third-order valence-electron chi connectivity index (χ3n) is 5.12. The van der Waals surface area contributed by atoms with Gasteiger partial charge in [0.2, 0.25) is 0 Å². The summed E-state index contributed by atoms with van der Waals surface area (Å²) in [4.78, 5) is 15.7. The SMILES string of the molecule is Cc1cnccc1CN1CCCCC1c1csc(Nc2ccc(C#N)nc2)n1. The summed E-state index contributed by atoms with van der Waals surface area (Å²) >= 11 is 1.61. The van der Waals surface area contributed by atoms with Crippen LogP contribution in [0.3, 0.4) is 0 Å². The molecule has 0 saturated carbocycles. The summed E-state index contributed by atoms with van der Waals surface area (Å²) in [5.41, 5.74) is 4.95. The lowest BCUT2D eigenvalue weighted by Gasteiger charge is -2.35. The molecule has 4 heterocycles. The number of rotatable bonds is 5. The van der Waals surface area contributed by atoms with Gasteiger partial charge in [0, 0.05) is 24.3 Å². The molecule has 3 aromatic rings. The number of nitriles is 1. The van der Waals surface area contributed by atoms with E-state index in [1.807, 2.05) is 24.5 Å². The number of anilines is 2. The predicted molar refractivity (Wildman–Crippen MR) is 110 cm³/mol. The van der Waals surface area contributed by atoms with E-state index in [0.717, 1.165) is 36.0 Å². The fraction of sp³-hybridized carbons (Fsp3) is 0.333. The molecule has 0 amide bonds. The van der Waals surface area contributed by atoms with Crippen LogP contribution < -0.4 is 5.32 Å². The molecular weight excluding hydrogens is 368 g/mol. The molecule has 0 aromatic carbocycles. The van der Waals surface area contributed by atoms with E-state index in [1.165, 1.54) is 24.0 Å². The zero-order valence-electron chi connectivity index (χ0n) is 15.8. The van der Waals surface area contributed by atoms with Gasteiger partial charge in [-0.25, -0.2) is 9.97 Å². The summed E-state index contributed by atoms with van der Waals surface area (Å²) in [6.07, 6.45) is 9.07. The highest BCUT2D eigenvalue weighted by molar-refractivity contribution is 7.13. The molecule has 1 unspecified atom stereocenters. The fourth-order valence-electron chi connectivity index (χ4n) is 3.57. The summed E-state index contributed by atoms with van der Waals surface area (Å²) in [6, 6.07) is 8.05. The zero-order valence-corrected chi connectivity index (χ0v) is 16.6. The van der Waals surface area contributed by atoms with Crippen LogP contribution in [0.2, 0.25) is 0 Å². The molecule has 3 aromatic heterocycles. The second-order valence-electron chi connectivity index (χ2n) is 7.03. The third kappa shape index (κ3) is 4.19. The molecule has 1 aliphatic rings. The highest BCUT2D eigenvalue weighted by Crippen LogP contribution is 2.34. The molecule has 28 heavy (non-hydrogen) atoms. The number of piperidine rings is 1. The number of nitrogens with zero attached hydrogens (tertiary/aromatic N) is 5. The summed E-state index contributed by atoms with van der Waals surface area (Å²) in [6.45, 7) is 4.14. The molecule has 0 bridgehead atoms. The number of aryl methyl sites for hydroxylation is 1. The van der Waals surface area contributed by atoms with E-state index in [4.69, 9.17) is 10.2 Å². The van der Waals surface area contributed by atoms with Crippen LogP contribution in [-0.2, 0) is 6.54 Å². The fourth-order valence-corrected chi connectivity index (χ4v) is 4.34. The van der Waals surface area contributed by atoms with Crippen LogP contribution in [0.25, 0.3) is 0 Å². The molecule has 1 atom stereocenters. The Balaban J connectivity index is 1.49. The van der Waals surface area contributed by atoms with Gasteiger partial charge in [-0.2, -0.15) is 5.26 Å². The summed E-state index contributed by atoms with van der Waals surface area (Å²) in [5.74, 6) is 0. The molecule has 0 radical (unpaired) electrons. The minimum Gasteiger partial charge on any atom is -0.330 e. The number of hydrogen-bond acceptors (Lipinski definition) is 7. The molecule has 1 aliphatic heterocycles. The van der Waals surface area contributed by atoms with Crippen LogP contribution in [0, 0.1) is 18.3 Å². The second kappa shape index (κ2) is 8.46. The van der Waals surface area contributed by atoms with Crippen molar-refractivity contribution in [2.75, 3.05) is 11.9 Å². The predicted octanol–water partition coefficient (Wildman–Crippen LogP) is 4.58. The number of aromatic nitrogens is 3. The van der Waals surface area contributed by atoms with Crippen molar-refractivity contribution in [2.45, 2.75) is 38.8 Å². The number of likely N-dealkylation sites (tertiary alicyclic amines) is 1. The van der Waals surface area contributed by atoms with E-state index in [-0.39, 0.29) is 0 Å². The Hall–Kier alpha value is -2.82. The van der Waals surface area contributed by atoms with Gasteiger partial charge in [0.1, 0.15) is 11.8 Å². The van der Waals surface area contributed by atoms with E-state index in [1.54, 1.807) is 23.6 Å². The minimum absolute atomic E-state index is 0.340. The maximum atomic E-state index is 8.86. The average Bonchev–Trinajstić information content (AvgIpc) is 3.19. The van der Waals surface area contributed by atoms with Crippen LogP contribution in [-0.4, -0.2) is 26.4 Å². The van der Waals surface area contributed by atoms with E-state index in [9.17, 15) is 0 Å². The van der Waals surface area contributed by atoms with Crippen molar-refractivity contribution in [3.63, 3.8) is 0 Å². The van der Waals surface area contributed by atoms with Crippen molar-refractivity contribution in [1.82, 2.24) is 19.9 Å². The summed E-state index contributed by atoms with van der Waals surface area (Å²) in [7, 11) is 0. The van der Waals surface area contributed by atoms with Crippen LogP contribution in [0.1, 0.15) is 47.8 Å². The summed E-state index contributed by atoms with van der Waals surface area (Å²) in [5, 5.41) is 15.2. The van der Waals surface area contributed by atoms with Crippen LogP contribution in [0.5, 0.6) is 0 Å². The average molecular weight is 391 g/mol. The second-order valence-corrected chi connectivity index (χ2v) is 7.89. The number of hydrogen-bond donors (Lipinski definition) is 1. The standard InChI is InChI=1S/C21H22N6S/c1-15-11-23-8-7-16(15)13-27-9-3-2-4-20(27)19-14-28-21(26-19)25-18-6-5-17(10-22)24-12-18/h5-8,11-12,14,20H,2-4,9,13H2,1H3,(H,25,26). The molecule has 142 valence electrons. The number of thiazole rings is 1. The maximum absolute atomic E-state index is 8.86. The van der Waals surface area contributed by atoms with Gasteiger partial charge in [0.25, 0.3) is 0 Å². The van der Waals surface area contributed by atoms with E-state index in [2.05, 4.69) is 38.6 Å². The Kier molecular flexibility index (Phi) is 5.60. The Morgan fingerprint density at radius 2 is 2.21 bits per heavy atom. The molecule has 4 rings (SSSR count). The maximum Gasteiger partial charge on any atom is 0.187 e. The van der Waals surface area contributed by atoms with Gasteiger partial charge in [-0.15, -0.1) is 11.3 Å². The van der Waals surface area contributed by atoms with Gasteiger partial charge < -0.3 is 5.32 Å². The molecule has 0 aliphatic carbocycles. The van der Waals surface area contributed by atoms with Crippen molar-refractivity contribution in [1.29, 1.82) is 5.26 Å². The largest absolute Gasteiger partial charge is 0.330 e. The van der Waals surface area contributed by atoms with Crippen LogP contribution >= 0.6 is 11.3 Å². The first-order chi connectivity index (χ1) is 13.7. The molecule has 7 heteroatoms. The first-order valence-electron chi connectivity index (χ1n) is 9.45. The van der Waals surface area contributed by atoms with Gasteiger partial charge in [-0.1, -0.05) is 6.42 Å². The highest BCUT2D eigenvalue weighted by atomic mass is 32.1. The smallest absolute Gasteiger partial charge is 0.187 e. The van der Waals surface area contributed by atoms with Gasteiger partial charge in [-0.05, 0) is 55.6 Å². The van der Waals surface area contributed by atoms with Gasteiger partial charge in [0.15, 0.2) is 5.13 Å². The molecular formula is C21H22N6S. The van der Waals surface area contributed by atoms with Crippen molar-refractivity contribution >= 4 is 22.2 Å². The van der Waals surface area contributed by atoms with Crippen molar-refractivity contribution in [3.05, 3.63) is 64.7 Å². The van der Waals surface area contributed by atoms with Crippen molar-refractivity contribution in [2.24, 2.45) is 0 Å². The van der Waals surface area contributed by atoms with Crippen LogP contribution in [0.15, 0.2) is 42.2 Å². The number of pyridine rings is 2. The normalized spacial score (nSPS) is 17.2. The summed E-state index contributed by atoms with van der Waals surface area (Å²) < 4.78 is 0. The van der Waals surface area contributed by atoms with Gasteiger partial charge in [0.05, 0.1) is 23.6 Å². The minimum atomic E-state index is 0.340. The van der Waals surface area contributed by atoms with Crippen molar-refractivity contribution in [3.8, 4) is 6.07 Å². The van der Waals surface area contributed by atoms with Gasteiger partial charge in [-0.3, -0.25) is 9.88 Å². The van der Waals surface area contributed by atoms with Crippen LogP contribution in [0.4, 0.5) is 10.8 Å². The monoisotopic (exact) mass is 390 g/mol. The molecule has 0 spiro atoms. The Labute approximate surface area is 168 Å². The van der Waals surface area contributed by atoms with E-state index in [0.29, 0.717) is 11.7 Å². The van der Waals surface area contributed by atoms with Gasteiger partial charge >= 0.3 is 0 Å². The number of nitrogens with one attached hydrogen (secondary N) is 1. The first kappa shape index (κ1) is 18.5. The quantitative estimate of drug-likeness (QED) is 0.687. The Morgan fingerprint density at radius 1 is 1.29 bits per heavy atom. The highest BCUT2D eigenvalue weighted by Gasteiger charge is 2.26. The Morgan fingerprint density at radius 3 is 3.00 bits per heavy atom.